The lowest BCUT2D eigenvalue weighted by Crippen LogP contribution is -2.52. The SMILES string of the molecule is CC(=O)O[C@H]1CC[C@@]2(C)C(=CC[C@@H]3[C@@H]2CC[C@]2(C)C4=C(C#N)C(=N)OC5(C(=O)N(Cc6c(F)cccc6F)c6ccccc65)C4C[C@@H]32)C1. The van der Waals surface area contributed by atoms with Crippen LogP contribution in [-0.4, -0.2) is 23.9 Å². The van der Waals surface area contributed by atoms with Gasteiger partial charge in [-0.25, -0.2) is 8.78 Å². The highest BCUT2D eigenvalue weighted by Gasteiger charge is 2.70. The van der Waals surface area contributed by atoms with Crippen molar-refractivity contribution in [3.63, 3.8) is 0 Å². The average Bonchev–Trinajstić information content (AvgIpc) is 3.49. The number of halogens is 2. The van der Waals surface area contributed by atoms with Gasteiger partial charge in [-0.15, -0.1) is 0 Å². The van der Waals surface area contributed by atoms with Crippen molar-refractivity contribution in [3.8, 4) is 6.07 Å². The summed E-state index contributed by atoms with van der Waals surface area (Å²) >= 11 is 0. The van der Waals surface area contributed by atoms with E-state index in [0.717, 1.165) is 44.1 Å². The number of esters is 1. The highest BCUT2D eigenvalue weighted by molar-refractivity contribution is 6.11. The van der Waals surface area contributed by atoms with Crippen molar-refractivity contribution in [2.24, 2.45) is 34.5 Å². The van der Waals surface area contributed by atoms with E-state index in [0.29, 0.717) is 29.5 Å². The number of nitrogens with one attached hydrogen (secondary N) is 1. The molecule has 0 bridgehead atoms. The Morgan fingerprint density at radius 3 is 2.54 bits per heavy atom. The molecule has 0 radical (unpaired) electrons. The van der Waals surface area contributed by atoms with Crippen LogP contribution in [0, 0.1) is 62.9 Å². The minimum absolute atomic E-state index is 0.0294. The lowest BCUT2D eigenvalue weighted by atomic mass is 9.47. The first kappa shape index (κ1) is 31.0. The summed E-state index contributed by atoms with van der Waals surface area (Å²) in [5, 5.41) is 19.5. The van der Waals surface area contributed by atoms with Crippen LogP contribution in [0.1, 0.15) is 76.8 Å². The van der Waals surface area contributed by atoms with E-state index in [1.165, 1.54) is 35.6 Å². The van der Waals surface area contributed by atoms with Gasteiger partial charge >= 0.3 is 5.97 Å². The molecule has 4 aliphatic carbocycles. The van der Waals surface area contributed by atoms with Gasteiger partial charge in [0.2, 0.25) is 11.5 Å². The van der Waals surface area contributed by atoms with Gasteiger partial charge in [-0.2, -0.15) is 5.26 Å². The van der Waals surface area contributed by atoms with E-state index >= 15 is 0 Å². The van der Waals surface area contributed by atoms with E-state index in [1.54, 1.807) is 12.1 Å². The number of para-hydroxylation sites is 1. The number of amides is 1. The summed E-state index contributed by atoms with van der Waals surface area (Å²) in [6, 6.07) is 13.1. The van der Waals surface area contributed by atoms with Crippen molar-refractivity contribution >= 4 is 23.5 Å². The van der Waals surface area contributed by atoms with Gasteiger partial charge in [-0.05, 0) is 90.9 Å². The molecule has 9 heteroatoms. The molecule has 248 valence electrons. The summed E-state index contributed by atoms with van der Waals surface area (Å²) in [7, 11) is 0. The van der Waals surface area contributed by atoms with Gasteiger partial charge in [0, 0.05) is 30.4 Å². The second-order valence-corrected chi connectivity index (χ2v) is 15.2. The zero-order valence-corrected chi connectivity index (χ0v) is 27.4. The molecule has 3 fully saturated rings. The Bertz CT molecular complexity index is 1880. The Labute approximate surface area is 279 Å². The highest BCUT2D eigenvalue weighted by Crippen LogP contribution is 2.71. The van der Waals surface area contributed by atoms with E-state index in [2.05, 4.69) is 26.0 Å². The van der Waals surface area contributed by atoms with E-state index in [9.17, 15) is 23.6 Å². The summed E-state index contributed by atoms with van der Waals surface area (Å²) in [6.07, 6.45) is 8.00. The molecule has 7 nitrogen and oxygen atoms in total. The van der Waals surface area contributed by atoms with Gasteiger partial charge in [0.15, 0.2) is 0 Å². The minimum atomic E-state index is -1.62. The summed E-state index contributed by atoms with van der Waals surface area (Å²) in [5.41, 5.74) is 1.17. The molecule has 3 saturated carbocycles. The van der Waals surface area contributed by atoms with Crippen LogP contribution in [-0.2, 0) is 31.2 Å². The molecule has 2 unspecified atom stereocenters. The Morgan fingerprint density at radius 2 is 1.81 bits per heavy atom. The smallest absolute Gasteiger partial charge is 0.302 e. The van der Waals surface area contributed by atoms with Crippen LogP contribution in [0.25, 0.3) is 0 Å². The van der Waals surface area contributed by atoms with Crippen LogP contribution in [0.4, 0.5) is 14.5 Å². The fraction of sp³-hybridized carbons (Fsp3) is 0.487. The second kappa shape index (κ2) is 10.6. The first-order chi connectivity index (χ1) is 22.9. The standard InChI is InChI=1S/C39H39F2N3O4/c1-21(45)47-23-13-15-37(2)22(17-23)11-12-24-27(37)14-16-38(3)29(24)18-30-34(38)25(19-42)35(43)48-39(30)28-7-4-5-10-33(28)44(36(39)46)20-26-31(40)8-6-9-32(26)41/h4-11,23-24,27,29-30,43H,12-18,20H2,1-3H3/t23-,24+,27-,29-,30?,37-,38-,39?/m0/s1. The van der Waals surface area contributed by atoms with Crippen LogP contribution < -0.4 is 4.90 Å². The van der Waals surface area contributed by atoms with Gasteiger partial charge in [0.1, 0.15) is 29.4 Å². The Kier molecular flexibility index (Phi) is 6.83. The van der Waals surface area contributed by atoms with E-state index in [1.807, 2.05) is 12.1 Å². The van der Waals surface area contributed by atoms with Gasteiger partial charge in [-0.3, -0.25) is 15.0 Å². The topological polar surface area (TPSA) is 103 Å². The maximum absolute atomic E-state index is 14.9. The minimum Gasteiger partial charge on any atom is -0.462 e. The quantitative estimate of drug-likeness (QED) is 0.271. The largest absolute Gasteiger partial charge is 0.462 e. The number of allylic oxidation sites excluding steroid dienone is 1. The third-order valence-corrected chi connectivity index (χ3v) is 13.1. The molecule has 2 heterocycles. The van der Waals surface area contributed by atoms with Gasteiger partial charge in [-0.1, -0.05) is 49.8 Å². The van der Waals surface area contributed by atoms with E-state index in [4.69, 9.17) is 14.9 Å². The molecule has 8 rings (SSSR count). The fourth-order valence-corrected chi connectivity index (χ4v) is 11.0. The highest BCUT2D eigenvalue weighted by atomic mass is 19.1. The maximum atomic E-state index is 14.9. The number of fused-ring (bicyclic) bond motifs is 10. The maximum Gasteiger partial charge on any atom is 0.302 e. The molecule has 2 aromatic carbocycles. The van der Waals surface area contributed by atoms with E-state index < -0.39 is 34.5 Å². The molecule has 1 amide bonds. The fourth-order valence-electron chi connectivity index (χ4n) is 11.0. The van der Waals surface area contributed by atoms with Crippen molar-refractivity contribution in [1.82, 2.24) is 0 Å². The molecule has 0 saturated heterocycles. The molecule has 8 atom stereocenters. The number of nitrogens with zero attached hydrogens (tertiary/aromatic N) is 2. The molecule has 0 aromatic heterocycles. The number of carbonyl (C=O) groups excluding carboxylic acids is 2. The number of carbonyl (C=O) groups is 2. The number of benzene rings is 2. The van der Waals surface area contributed by atoms with Crippen LogP contribution in [0.15, 0.2) is 65.3 Å². The lowest BCUT2D eigenvalue weighted by Gasteiger charge is -2.57. The molecule has 1 spiro atoms. The van der Waals surface area contributed by atoms with Crippen LogP contribution in [0.2, 0.25) is 0 Å². The van der Waals surface area contributed by atoms with Crippen molar-refractivity contribution in [2.45, 2.75) is 84.0 Å². The number of hydrogen-bond acceptors (Lipinski definition) is 6. The van der Waals surface area contributed by atoms with Crippen LogP contribution >= 0.6 is 0 Å². The number of rotatable bonds is 3. The molecule has 2 aromatic rings. The number of ether oxygens (including phenoxy) is 2. The zero-order valence-electron chi connectivity index (χ0n) is 27.4. The predicted octanol–water partition coefficient (Wildman–Crippen LogP) is 7.66. The van der Waals surface area contributed by atoms with Crippen LogP contribution in [0.3, 0.4) is 0 Å². The third kappa shape index (κ3) is 4.04. The summed E-state index contributed by atoms with van der Waals surface area (Å²) in [5.74, 6) is -2.21. The number of hydrogen-bond donors (Lipinski definition) is 1. The van der Waals surface area contributed by atoms with Crippen molar-refractivity contribution in [1.29, 1.82) is 10.7 Å². The normalized spacial score (nSPS) is 36.3. The van der Waals surface area contributed by atoms with Crippen LogP contribution in [0.5, 0.6) is 0 Å². The second-order valence-electron chi connectivity index (χ2n) is 15.2. The predicted molar refractivity (Wildman–Crippen MR) is 173 cm³/mol. The first-order valence-electron chi connectivity index (χ1n) is 17.1. The third-order valence-electron chi connectivity index (χ3n) is 13.1. The molecule has 1 N–H and O–H groups in total. The monoisotopic (exact) mass is 651 g/mol. The number of nitriles is 1. The Balaban J connectivity index is 1.22. The molecule has 2 aliphatic heterocycles. The average molecular weight is 652 g/mol. The first-order valence-corrected chi connectivity index (χ1v) is 17.1. The summed E-state index contributed by atoms with van der Waals surface area (Å²) < 4.78 is 41.9. The van der Waals surface area contributed by atoms with E-state index in [-0.39, 0.29) is 47.0 Å². The zero-order chi connectivity index (χ0) is 33.7. The van der Waals surface area contributed by atoms with Gasteiger partial charge < -0.3 is 14.4 Å². The molecular weight excluding hydrogens is 612 g/mol. The molecule has 48 heavy (non-hydrogen) atoms. The Hall–Kier alpha value is -4.32. The lowest BCUT2D eigenvalue weighted by molar-refractivity contribution is -0.148. The Morgan fingerprint density at radius 1 is 1.08 bits per heavy atom. The molecular formula is C39H39F2N3O4. The van der Waals surface area contributed by atoms with Crippen molar-refractivity contribution in [2.75, 3.05) is 4.90 Å². The van der Waals surface area contributed by atoms with Crippen molar-refractivity contribution < 1.29 is 27.8 Å². The number of anilines is 1. The summed E-state index contributed by atoms with van der Waals surface area (Å²) in [4.78, 5) is 28.0. The van der Waals surface area contributed by atoms with Crippen molar-refractivity contribution in [3.05, 3.63) is 88.0 Å². The summed E-state index contributed by atoms with van der Waals surface area (Å²) in [6.45, 7) is 5.71. The van der Waals surface area contributed by atoms with Gasteiger partial charge in [0.25, 0.3) is 5.91 Å². The van der Waals surface area contributed by atoms with Gasteiger partial charge in [0.05, 0.1) is 12.2 Å². The molecule has 6 aliphatic rings.